The van der Waals surface area contributed by atoms with Crippen LogP contribution >= 0.6 is 15.9 Å². The molecule has 0 fully saturated rings. The standard InChI is InChI=1S/C24H21BrN2O3S/c1-17-7-12-23-19(13-17)14-20(24(28)26-23)16-27(15-18-5-3-2-4-6-18)31(29,30)22-10-8-21(25)9-11-22/h2-14H,15-16H2,1H3,(H,26,28). The topological polar surface area (TPSA) is 70.2 Å². The summed E-state index contributed by atoms with van der Waals surface area (Å²) in [6.07, 6.45) is 0. The fraction of sp³-hybridized carbons (Fsp3) is 0.125. The lowest BCUT2D eigenvalue weighted by Crippen LogP contribution is -2.32. The molecule has 0 radical (unpaired) electrons. The summed E-state index contributed by atoms with van der Waals surface area (Å²) < 4.78 is 29.1. The number of nitrogens with one attached hydrogen (secondary N) is 1. The van der Waals surface area contributed by atoms with Crippen molar-refractivity contribution in [1.82, 2.24) is 9.29 Å². The Bertz CT molecular complexity index is 1380. The Morgan fingerprint density at radius 2 is 1.61 bits per heavy atom. The van der Waals surface area contributed by atoms with Gasteiger partial charge in [0.15, 0.2) is 0 Å². The Labute approximate surface area is 189 Å². The number of benzene rings is 3. The number of sulfonamides is 1. The Morgan fingerprint density at radius 3 is 2.32 bits per heavy atom. The van der Waals surface area contributed by atoms with Crippen molar-refractivity contribution in [3.63, 3.8) is 0 Å². The number of aromatic nitrogens is 1. The number of hydrogen-bond acceptors (Lipinski definition) is 3. The van der Waals surface area contributed by atoms with Gasteiger partial charge in [0.1, 0.15) is 0 Å². The molecule has 1 N–H and O–H groups in total. The van der Waals surface area contributed by atoms with Crippen molar-refractivity contribution >= 4 is 36.9 Å². The van der Waals surface area contributed by atoms with Crippen LogP contribution in [0.2, 0.25) is 0 Å². The SMILES string of the molecule is Cc1ccc2[nH]c(=O)c(CN(Cc3ccccc3)S(=O)(=O)c3ccc(Br)cc3)cc2c1. The van der Waals surface area contributed by atoms with Gasteiger partial charge in [-0.05, 0) is 60.3 Å². The van der Waals surface area contributed by atoms with Gasteiger partial charge in [-0.15, -0.1) is 0 Å². The minimum atomic E-state index is -3.83. The number of rotatable bonds is 6. The highest BCUT2D eigenvalue weighted by Crippen LogP contribution is 2.23. The minimum Gasteiger partial charge on any atom is -0.322 e. The maximum atomic E-state index is 13.5. The minimum absolute atomic E-state index is 0.0352. The number of H-pyrrole nitrogens is 1. The molecule has 0 amide bonds. The van der Waals surface area contributed by atoms with Crippen LogP contribution in [0, 0.1) is 6.92 Å². The van der Waals surface area contributed by atoms with Gasteiger partial charge in [-0.2, -0.15) is 4.31 Å². The van der Waals surface area contributed by atoms with Gasteiger partial charge >= 0.3 is 0 Å². The summed E-state index contributed by atoms with van der Waals surface area (Å²) in [5, 5.41) is 0.871. The van der Waals surface area contributed by atoms with E-state index in [1.54, 1.807) is 30.3 Å². The predicted octanol–water partition coefficient (Wildman–Crippen LogP) is 4.99. The Balaban J connectivity index is 1.77. The first-order valence-electron chi connectivity index (χ1n) is 9.75. The quantitative estimate of drug-likeness (QED) is 0.408. The molecule has 0 atom stereocenters. The second-order valence-electron chi connectivity index (χ2n) is 7.43. The monoisotopic (exact) mass is 496 g/mol. The van der Waals surface area contributed by atoms with Gasteiger partial charge in [-0.1, -0.05) is 57.9 Å². The van der Waals surface area contributed by atoms with Gasteiger partial charge in [-0.3, -0.25) is 4.79 Å². The molecule has 158 valence electrons. The van der Waals surface area contributed by atoms with Crippen LogP contribution in [0.5, 0.6) is 0 Å². The Hall–Kier alpha value is -2.74. The second kappa shape index (κ2) is 8.78. The molecular formula is C24H21BrN2O3S. The third kappa shape index (κ3) is 4.79. The van der Waals surface area contributed by atoms with E-state index in [0.717, 1.165) is 26.5 Å². The summed E-state index contributed by atoms with van der Waals surface area (Å²) in [5.74, 6) is 0. The highest BCUT2D eigenvalue weighted by molar-refractivity contribution is 9.10. The average molecular weight is 497 g/mol. The molecule has 3 aromatic carbocycles. The molecule has 1 aromatic heterocycles. The highest BCUT2D eigenvalue weighted by atomic mass is 79.9. The molecule has 0 aliphatic rings. The maximum Gasteiger partial charge on any atom is 0.252 e. The molecule has 5 nitrogen and oxygen atoms in total. The molecule has 0 aliphatic heterocycles. The third-order valence-electron chi connectivity index (χ3n) is 5.08. The van der Waals surface area contributed by atoms with E-state index in [1.807, 2.05) is 55.5 Å². The summed E-state index contributed by atoms with van der Waals surface area (Å²) >= 11 is 3.34. The van der Waals surface area contributed by atoms with E-state index in [4.69, 9.17) is 0 Å². The van der Waals surface area contributed by atoms with Crippen molar-refractivity contribution in [3.05, 3.63) is 110 Å². The van der Waals surface area contributed by atoms with Gasteiger partial charge < -0.3 is 4.98 Å². The van der Waals surface area contributed by atoms with Crippen molar-refractivity contribution in [2.75, 3.05) is 0 Å². The van der Waals surface area contributed by atoms with Crippen LogP contribution in [0.1, 0.15) is 16.7 Å². The first-order valence-corrected chi connectivity index (χ1v) is 12.0. The van der Waals surface area contributed by atoms with Crippen LogP contribution in [-0.4, -0.2) is 17.7 Å². The largest absolute Gasteiger partial charge is 0.322 e. The number of fused-ring (bicyclic) bond motifs is 1. The summed E-state index contributed by atoms with van der Waals surface area (Å²) in [5.41, 5.74) is 2.74. The molecule has 0 bridgehead atoms. The lowest BCUT2D eigenvalue weighted by Gasteiger charge is -2.22. The van der Waals surface area contributed by atoms with E-state index < -0.39 is 10.0 Å². The van der Waals surface area contributed by atoms with Gasteiger partial charge in [0, 0.05) is 28.6 Å². The molecule has 0 unspecified atom stereocenters. The first-order chi connectivity index (χ1) is 14.8. The van der Waals surface area contributed by atoms with E-state index in [0.29, 0.717) is 5.56 Å². The number of nitrogens with zero attached hydrogens (tertiary/aromatic N) is 1. The lowest BCUT2D eigenvalue weighted by atomic mass is 10.1. The average Bonchev–Trinajstić information content (AvgIpc) is 2.75. The molecule has 1 heterocycles. The molecule has 4 aromatic rings. The summed E-state index contributed by atoms with van der Waals surface area (Å²) in [4.78, 5) is 15.8. The number of pyridine rings is 1. The van der Waals surface area contributed by atoms with Crippen LogP contribution in [0.15, 0.2) is 93.0 Å². The molecule has 0 saturated carbocycles. The van der Waals surface area contributed by atoms with Crippen molar-refractivity contribution < 1.29 is 8.42 Å². The van der Waals surface area contributed by atoms with E-state index in [1.165, 1.54) is 4.31 Å². The fourth-order valence-electron chi connectivity index (χ4n) is 3.45. The molecule has 0 aliphatic carbocycles. The fourth-order valence-corrected chi connectivity index (χ4v) is 5.12. The molecule has 0 spiro atoms. The molecule has 7 heteroatoms. The zero-order valence-corrected chi connectivity index (χ0v) is 19.3. The van der Waals surface area contributed by atoms with Crippen molar-refractivity contribution in [3.8, 4) is 0 Å². The predicted molar refractivity (Wildman–Crippen MR) is 126 cm³/mol. The number of aromatic amines is 1. The summed E-state index contributed by atoms with van der Waals surface area (Å²) in [6.45, 7) is 2.10. The molecular weight excluding hydrogens is 476 g/mol. The van der Waals surface area contributed by atoms with Gasteiger partial charge in [-0.25, -0.2) is 8.42 Å². The van der Waals surface area contributed by atoms with E-state index in [-0.39, 0.29) is 23.5 Å². The zero-order valence-electron chi connectivity index (χ0n) is 16.9. The van der Waals surface area contributed by atoms with Gasteiger partial charge in [0.05, 0.1) is 4.90 Å². The summed E-state index contributed by atoms with van der Waals surface area (Å²) in [7, 11) is -3.83. The van der Waals surface area contributed by atoms with Crippen molar-refractivity contribution in [2.45, 2.75) is 24.9 Å². The van der Waals surface area contributed by atoms with Crippen LogP contribution < -0.4 is 5.56 Å². The zero-order chi connectivity index (χ0) is 22.0. The summed E-state index contributed by atoms with van der Waals surface area (Å²) in [6, 6.07) is 23.4. The number of halogens is 1. The Kier molecular flexibility index (Phi) is 6.09. The van der Waals surface area contributed by atoms with Crippen LogP contribution in [0.25, 0.3) is 10.9 Å². The molecule has 31 heavy (non-hydrogen) atoms. The second-order valence-corrected chi connectivity index (χ2v) is 10.3. The van der Waals surface area contributed by atoms with Crippen LogP contribution in [-0.2, 0) is 23.1 Å². The van der Waals surface area contributed by atoms with Gasteiger partial charge in [0.2, 0.25) is 10.0 Å². The smallest absolute Gasteiger partial charge is 0.252 e. The maximum absolute atomic E-state index is 13.5. The number of aryl methyl sites for hydroxylation is 1. The highest BCUT2D eigenvalue weighted by Gasteiger charge is 2.26. The van der Waals surface area contributed by atoms with Crippen molar-refractivity contribution in [1.29, 1.82) is 0 Å². The Morgan fingerprint density at radius 1 is 0.903 bits per heavy atom. The van der Waals surface area contributed by atoms with E-state index >= 15 is 0 Å². The van der Waals surface area contributed by atoms with Gasteiger partial charge in [0.25, 0.3) is 5.56 Å². The third-order valence-corrected chi connectivity index (χ3v) is 7.41. The van der Waals surface area contributed by atoms with Crippen molar-refractivity contribution in [2.24, 2.45) is 0 Å². The molecule has 4 rings (SSSR count). The van der Waals surface area contributed by atoms with Crippen LogP contribution in [0.4, 0.5) is 0 Å². The van der Waals surface area contributed by atoms with E-state index in [2.05, 4.69) is 20.9 Å². The normalized spacial score (nSPS) is 11.8. The van der Waals surface area contributed by atoms with Crippen LogP contribution in [0.3, 0.4) is 0 Å². The number of hydrogen-bond donors (Lipinski definition) is 1. The first kappa shape index (κ1) is 21.5. The lowest BCUT2D eigenvalue weighted by molar-refractivity contribution is 0.400. The van der Waals surface area contributed by atoms with E-state index in [9.17, 15) is 13.2 Å². The molecule has 0 saturated heterocycles.